The van der Waals surface area contributed by atoms with E-state index in [9.17, 15) is 0 Å². The predicted molar refractivity (Wildman–Crippen MR) is 91.4 cm³/mol. The topological polar surface area (TPSA) is 146 Å². The number of pyridine rings is 2. The first-order chi connectivity index (χ1) is 12.3. The van der Waals surface area contributed by atoms with Crippen molar-refractivity contribution in [1.29, 1.82) is 0 Å². The molecule has 0 aliphatic carbocycles. The third-order valence-electron chi connectivity index (χ3n) is 2.19. The van der Waals surface area contributed by atoms with E-state index in [1.165, 1.54) is 0 Å². The molecule has 0 saturated heterocycles. The van der Waals surface area contributed by atoms with Gasteiger partial charge in [-0.3, -0.25) is 9.97 Å². The Kier molecular flexibility index (Phi) is 23.6. The summed E-state index contributed by atoms with van der Waals surface area (Å²) in [7, 11) is 0. The van der Waals surface area contributed by atoms with Gasteiger partial charge in [0.1, 0.15) is 0 Å². The number of hydrogen-bond donors (Lipinski definition) is 2. The maximum Gasteiger partial charge on any atom is 2.00 e. The molecule has 0 radical (unpaired) electrons. The zero-order valence-corrected chi connectivity index (χ0v) is 16.2. The van der Waals surface area contributed by atoms with Crippen LogP contribution in [0, 0.1) is 0 Å². The molecule has 0 amide bonds. The van der Waals surface area contributed by atoms with Crippen LogP contribution < -0.4 is 10.2 Å². The SMILES string of the molecule is CC(=O)[O-].CC(=O)[O-].OCCc1ccccn1.OCCc1ccccn1.[Ni+2]. The molecular formula is C18H24N2NiO6. The number of rotatable bonds is 4. The van der Waals surface area contributed by atoms with Gasteiger partial charge in [0.05, 0.1) is 0 Å². The number of aliphatic hydroxyl groups excluding tert-OH is 2. The van der Waals surface area contributed by atoms with E-state index in [1.807, 2.05) is 36.4 Å². The second kappa shape index (κ2) is 21.7. The fourth-order valence-electron chi connectivity index (χ4n) is 1.32. The van der Waals surface area contributed by atoms with E-state index in [4.69, 9.17) is 30.0 Å². The molecule has 0 saturated carbocycles. The van der Waals surface area contributed by atoms with Gasteiger partial charge in [-0.1, -0.05) is 12.1 Å². The van der Waals surface area contributed by atoms with Crippen LogP contribution in [0.3, 0.4) is 0 Å². The smallest absolute Gasteiger partial charge is 0.550 e. The van der Waals surface area contributed by atoms with Gasteiger partial charge in [-0.05, 0) is 38.1 Å². The van der Waals surface area contributed by atoms with Gasteiger partial charge in [-0.2, -0.15) is 0 Å². The zero-order chi connectivity index (χ0) is 20.2. The molecule has 0 aromatic carbocycles. The van der Waals surface area contributed by atoms with Crippen molar-refractivity contribution in [3.05, 3.63) is 60.2 Å². The van der Waals surface area contributed by atoms with E-state index in [2.05, 4.69) is 9.97 Å². The van der Waals surface area contributed by atoms with Crippen LogP contribution in [0.25, 0.3) is 0 Å². The van der Waals surface area contributed by atoms with E-state index in [1.54, 1.807) is 12.4 Å². The van der Waals surface area contributed by atoms with Crippen molar-refractivity contribution in [3.8, 4) is 0 Å². The molecule has 2 heterocycles. The number of aliphatic carboxylic acids is 2. The molecule has 2 aromatic heterocycles. The summed E-state index contributed by atoms with van der Waals surface area (Å²) < 4.78 is 0. The van der Waals surface area contributed by atoms with E-state index in [0.29, 0.717) is 12.8 Å². The normalized spacial score (nSPS) is 8.15. The standard InChI is InChI=1S/2C7H9NO.2C2H4O2.Ni/c2*9-6-4-7-3-1-2-5-8-7;2*1-2(3)4;/h2*1-3,5,9H,4,6H2;2*1H3,(H,3,4);/q;;;;+2/p-2. The summed E-state index contributed by atoms with van der Waals surface area (Å²) in [6, 6.07) is 11.4. The Morgan fingerprint density at radius 2 is 1.11 bits per heavy atom. The second-order valence-corrected chi connectivity index (χ2v) is 4.57. The van der Waals surface area contributed by atoms with Crippen molar-refractivity contribution in [3.63, 3.8) is 0 Å². The minimum Gasteiger partial charge on any atom is -0.550 e. The van der Waals surface area contributed by atoms with Crippen LogP contribution in [0.15, 0.2) is 48.8 Å². The Labute approximate surface area is 168 Å². The quantitative estimate of drug-likeness (QED) is 0.580. The van der Waals surface area contributed by atoms with Gasteiger partial charge >= 0.3 is 16.5 Å². The first-order valence-corrected chi connectivity index (χ1v) is 7.70. The van der Waals surface area contributed by atoms with Crippen molar-refractivity contribution in [2.75, 3.05) is 13.2 Å². The molecule has 0 aliphatic heterocycles. The maximum absolute atomic E-state index is 8.89. The first-order valence-electron chi connectivity index (χ1n) is 7.70. The third-order valence-corrected chi connectivity index (χ3v) is 2.19. The predicted octanol–water partition coefficient (Wildman–Crippen LogP) is -1.26. The first kappa shape index (κ1) is 29.4. The summed E-state index contributed by atoms with van der Waals surface area (Å²) in [4.78, 5) is 25.8. The summed E-state index contributed by atoms with van der Waals surface area (Å²) in [5.41, 5.74) is 1.89. The van der Waals surface area contributed by atoms with Crippen molar-refractivity contribution in [2.24, 2.45) is 0 Å². The number of carboxylic acids is 2. The summed E-state index contributed by atoms with van der Waals surface area (Å²) >= 11 is 0. The Morgan fingerprint density at radius 3 is 1.30 bits per heavy atom. The molecule has 2 aromatic rings. The van der Waals surface area contributed by atoms with E-state index in [0.717, 1.165) is 25.2 Å². The van der Waals surface area contributed by atoms with Gasteiger partial charge < -0.3 is 30.0 Å². The van der Waals surface area contributed by atoms with Gasteiger partial charge in [0.2, 0.25) is 0 Å². The minimum absolute atomic E-state index is 0. The van der Waals surface area contributed by atoms with Crippen LogP contribution in [0.4, 0.5) is 0 Å². The average molecular weight is 423 g/mol. The van der Waals surface area contributed by atoms with Crippen molar-refractivity contribution in [2.45, 2.75) is 26.7 Å². The van der Waals surface area contributed by atoms with Crippen LogP contribution in [-0.2, 0) is 38.9 Å². The minimum atomic E-state index is -1.08. The Morgan fingerprint density at radius 1 is 0.815 bits per heavy atom. The Hall–Kier alpha value is -2.35. The van der Waals surface area contributed by atoms with Crippen molar-refractivity contribution < 1.29 is 46.5 Å². The molecule has 9 heteroatoms. The van der Waals surface area contributed by atoms with Crippen molar-refractivity contribution in [1.82, 2.24) is 9.97 Å². The summed E-state index contributed by atoms with van der Waals surface area (Å²) in [5, 5.41) is 34.7. The van der Waals surface area contributed by atoms with Crippen LogP contribution in [-0.4, -0.2) is 45.3 Å². The second-order valence-electron chi connectivity index (χ2n) is 4.57. The third kappa shape index (κ3) is 28.7. The van der Waals surface area contributed by atoms with Crippen LogP contribution in [0.2, 0.25) is 0 Å². The summed E-state index contributed by atoms with van der Waals surface area (Å²) in [5.74, 6) is -2.17. The van der Waals surface area contributed by atoms with Gasteiger partial charge in [0, 0.05) is 61.8 Å². The molecule has 0 aliphatic rings. The Balaban J connectivity index is -0.000000303. The van der Waals surface area contributed by atoms with E-state index < -0.39 is 11.9 Å². The van der Waals surface area contributed by atoms with Gasteiger partial charge in [0.25, 0.3) is 0 Å². The summed E-state index contributed by atoms with van der Waals surface area (Å²) in [6.07, 6.45) is 4.76. The van der Waals surface area contributed by atoms with Crippen LogP contribution in [0.5, 0.6) is 0 Å². The number of nitrogens with zero attached hydrogens (tertiary/aromatic N) is 2. The molecule has 152 valence electrons. The van der Waals surface area contributed by atoms with E-state index in [-0.39, 0.29) is 29.7 Å². The molecule has 0 fully saturated rings. The van der Waals surface area contributed by atoms with Gasteiger partial charge in [0.15, 0.2) is 0 Å². The molecule has 0 bridgehead atoms. The maximum atomic E-state index is 8.89. The fourth-order valence-corrected chi connectivity index (χ4v) is 1.32. The number of carbonyl (C=O) groups is 2. The molecular weight excluding hydrogens is 399 g/mol. The zero-order valence-electron chi connectivity index (χ0n) is 15.2. The van der Waals surface area contributed by atoms with Crippen LogP contribution in [0.1, 0.15) is 25.2 Å². The molecule has 0 atom stereocenters. The molecule has 0 unspecified atom stereocenters. The monoisotopic (exact) mass is 422 g/mol. The fraction of sp³-hybridized carbons (Fsp3) is 0.333. The number of aliphatic hydroxyl groups is 2. The van der Waals surface area contributed by atoms with Gasteiger partial charge in [-0.15, -0.1) is 0 Å². The Bertz CT molecular complexity index is 523. The molecule has 27 heavy (non-hydrogen) atoms. The van der Waals surface area contributed by atoms with Gasteiger partial charge in [-0.25, -0.2) is 0 Å². The molecule has 2 rings (SSSR count). The number of carboxylic acid groups (broad SMARTS) is 2. The van der Waals surface area contributed by atoms with Crippen LogP contribution >= 0.6 is 0 Å². The average Bonchev–Trinajstić information content (AvgIpc) is 2.57. The number of hydrogen-bond acceptors (Lipinski definition) is 8. The molecule has 0 spiro atoms. The largest absolute Gasteiger partial charge is 2.00 e. The molecule has 8 nitrogen and oxygen atoms in total. The molecule has 2 N–H and O–H groups in total. The van der Waals surface area contributed by atoms with E-state index >= 15 is 0 Å². The van der Waals surface area contributed by atoms with Crippen molar-refractivity contribution >= 4 is 11.9 Å². The summed E-state index contributed by atoms with van der Waals surface area (Å²) in [6.45, 7) is 2.30. The number of carbonyl (C=O) groups excluding carboxylic acids is 2. The number of aromatic nitrogens is 2.